The highest BCUT2D eigenvalue weighted by Crippen LogP contribution is 2.21. The molecular weight excluding hydrogens is 322 g/mol. The van der Waals surface area contributed by atoms with Crippen LogP contribution in [0.15, 0.2) is 23.7 Å². The summed E-state index contributed by atoms with van der Waals surface area (Å²) in [5, 5.41) is 10.6. The summed E-state index contributed by atoms with van der Waals surface area (Å²) in [6.07, 6.45) is 4.00. The standard InChI is InChI=1S/C16H21N7S/c1-22-15-13(8-18-22)14(17)20-16(21-15)19-11-4-2-6-23(9-11)10-12-5-3-7-24-12/h3,5,7-8,11H,2,4,6,9-10H2,1H3,(H3,17,19,20,21). The number of likely N-dealkylation sites (tertiary alicyclic amines) is 1. The van der Waals surface area contributed by atoms with Gasteiger partial charge in [0.25, 0.3) is 0 Å². The Balaban J connectivity index is 1.47. The van der Waals surface area contributed by atoms with Crippen LogP contribution in [-0.4, -0.2) is 43.8 Å². The lowest BCUT2D eigenvalue weighted by Crippen LogP contribution is -2.41. The van der Waals surface area contributed by atoms with Crippen molar-refractivity contribution in [1.29, 1.82) is 0 Å². The monoisotopic (exact) mass is 343 g/mol. The fraction of sp³-hybridized carbons (Fsp3) is 0.438. The van der Waals surface area contributed by atoms with E-state index in [2.05, 4.69) is 42.8 Å². The van der Waals surface area contributed by atoms with Crippen molar-refractivity contribution in [3.8, 4) is 0 Å². The smallest absolute Gasteiger partial charge is 0.226 e. The molecule has 4 heterocycles. The zero-order valence-corrected chi connectivity index (χ0v) is 14.5. The van der Waals surface area contributed by atoms with Gasteiger partial charge in [-0.2, -0.15) is 15.1 Å². The van der Waals surface area contributed by atoms with Gasteiger partial charge in [0.15, 0.2) is 5.65 Å². The van der Waals surface area contributed by atoms with Gasteiger partial charge < -0.3 is 11.1 Å². The summed E-state index contributed by atoms with van der Waals surface area (Å²) in [6.45, 7) is 3.14. The fourth-order valence-electron chi connectivity index (χ4n) is 3.23. The van der Waals surface area contributed by atoms with E-state index in [1.54, 1.807) is 10.9 Å². The molecule has 1 aliphatic heterocycles. The van der Waals surface area contributed by atoms with Crippen molar-refractivity contribution in [3.63, 3.8) is 0 Å². The van der Waals surface area contributed by atoms with Crippen LogP contribution in [0.4, 0.5) is 11.8 Å². The third kappa shape index (κ3) is 3.07. The van der Waals surface area contributed by atoms with Gasteiger partial charge in [-0.3, -0.25) is 9.58 Å². The third-order valence-corrected chi connectivity index (χ3v) is 5.28. The van der Waals surface area contributed by atoms with Crippen LogP contribution in [0.25, 0.3) is 11.0 Å². The molecule has 3 aromatic rings. The van der Waals surface area contributed by atoms with E-state index in [4.69, 9.17) is 5.73 Å². The predicted octanol–water partition coefficient (Wildman–Crippen LogP) is 2.08. The molecule has 0 spiro atoms. The van der Waals surface area contributed by atoms with Crippen molar-refractivity contribution < 1.29 is 0 Å². The minimum Gasteiger partial charge on any atom is -0.383 e. The topological polar surface area (TPSA) is 84.9 Å². The summed E-state index contributed by atoms with van der Waals surface area (Å²) in [6, 6.07) is 4.64. The molecule has 4 rings (SSSR count). The molecule has 0 saturated carbocycles. The molecule has 1 saturated heterocycles. The van der Waals surface area contributed by atoms with Crippen LogP contribution in [0.2, 0.25) is 0 Å². The molecule has 0 aromatic carbocycles. The van der Waals surface area contributed by atoms with Crippen LogP contribution in [-0.2, 0) is 13.6 Å². The fourth-order valence-corrected chi connectivity index (χ4v) is 3.98. The Morgan fingerprint density at radius 2 is 2.33 bits per heavy atom. The average molecular weight is 343 g/mol. The SMILES string of the molecule is Cn1ncc2c(N)nc(NC3CCCN(Cc4cccs4)C3)nc21. The van der Waals surface area contributed by atoms with Crippen molar-refractivity contribution >= 4 is 34.1 Å². The normalized spacial score (nSPS) is 19.0. The highest BCUT2D eigenvalue weighted by atomic mass is 32.1. The third-order valence-electron chi connectivity index (χ3n) is 4.42. The number of nitrogens with one attached hydrogen (secondary N) is 1. The van der Waals surface area contributed by atoms with Crippen LogP contribution in [0.1, 0.15) is 17.7 Å². The molecule has 8 heteroatoms. The largest absolute Gasteiger partial charge is 0.383 e. The molecule has 0 aliphatic carbocycles. The number of nitrogen functional groups attached to an aromatic ring is 1. The van der Waals surface area contributed by atoms with Gasteiger partial charge in [-0.15, -0.1) is 11.3 Å². The van der Waals surface area contributed by atoms with Gasteiger partial charge in [0.2, 0.25) is 5.95 Å². The van der Waals surface area contributed by atoms with Gasteiger partial charge in [-0.25, -0.2) is 0 Å². The number of anilines is 2. The van der Waals surface area contributed by atoms with Gasteiger partial charge >= 0.3 is 0 Å². The molecular formula is C16H21N7S. The second-order valence-electron chi connectivity index (χ2n) is 6.24. The average Bonchev–Trinajstić information content (AvgIpc) is 3.19. The molecule has 0 amide bonds. The van der Waals surface area contributed by atoms with Gasteiger partial charge in [0.05, 0.1) is 11.6 Å². The maximum atomic E-state index is 6.04. The second kappa shape index (κ2) is 6.37. The van der Waals surface area contributed by atoms with Gasteiger partial charge in [0.1, 0.15) is 5.82 Å². The first-order valence-electron chi connectivity index (χ1n) is 8.15. The quantitative estimate of drug-likeness (QED) is 0.754. The number of thiophene rings is 1. The first-order valence-corrected chi connectivity index (χ1v) is 9.03. The van der Waals surface area contributed by atoms with E-state index in [1.165, 1.54) is 11.3 Å². The molecule has 1 unspecified atom stereocenters. The molecule has 1 atom stereocenters. The van der Waals surface area contributed by atoms with Crippen LogP contribution in [0, 0.1) is 0 Å². The Morgan fingerprint density at radius 3 is 3.17 bits per heavy atom. The zero-order chi connectivity index (χ0) is 16.5. The number of aromatic nitrogens is 4. The molecule has 24 heavy (non-hydrogen) atoms. The number of nitrogens with zero attached hydrogens (tertiary/aromatic N) is 5. The summed E-state index contributed by atoms with van der Waals surface area (Å²) in [7, 11) is 1.86. The lowest BCUT2D eigenvalue weighted by molar-refractivity contribution is 0.210. The lowest BCUT2D eigenvalue weighted by atomic mass is 10.1. The Kier molecular flexibility index (Phi) is 4.07. The van der Waals surface area contributed by atoms with E-state index in [1.807, 2.05) is 18.4 Å². The maximum Gasteiger partial charge on any atom is 0.226 e. The van der Waals surface area contributed by atoms with Crippen LogP contribution < -0.4 is 11.1 Å². The Hall–Kier alpha value is -2.19. The number of nitrogens with two attached hydrogens (primary N) is 1. The van der Waals surface area contributed by atoms with Crippen LogP contribution >= 0.6 is 11.3 Å². The highest BCUT2D eigenvalue weighted by Gasteiger charge is 2.21. The van der Waals surface area contributed by atoms with E-state index in [-0.39, 0.29) is 0 Å². The predicted molar refractivity (Wildman–Crippen MR) is 97.0 cm³/mol. The van der Waals surface area contributed by atoms with Crippen molar-refractivity contribution in [2.24, 2.45) is 7.05 Å². The lowest BCUT2D eigenvalue weighted by Gasteiger charge is -2.32. The van der Waals surface area contributed by atoms with Crippen LogP contribution in [0.3, 0.4) is 0 Å². The number of fused-ring (bicyclic) bond motifs is 1. The highest BCUT2D eigenvalue weighted by molar-refractivity contribution is 7.09. The van der Waals surface area contributed by atoms with E-state index < -0.39 is 0 Å². The molecule has 0 radical (unpaired) electrons. The minimum absolute atomic E-state index is 0.337. The van der Waals surface area contributed by atoms with E-state index in [9.17, 15) is 0 Å². The van der Waals surface area contributed by atoms with Gasteiger partial charge in [-0.1, -0.05) is 6.07 Å². The van der Waals surface area contributed by atoms with E-state index in [0.29, 0.717) is 17.8 Å². The van der Waals surface area contributed by atoms with E-state index >= 15 is 0 Å². The molecule has 3 aromatic heterocycles. The molecule has 126 valence electrons. The first-order chi connectivity index (χ1) is 11.7. The van der Waals surface area contributed by atoms with E-state index in [0.717, 1.165) is 37.1 Å². The van der Waals surface area contributed by atoms with Crippen molar-refractivity contribution in [2.75, 3.05) is 24.1 Å². The molecule has 7 nitrogen and oxygen atoms in total. The van der Waals surface area contributed by atoms with Crippen molar-refractivity contribution in [1.82, 2.24) is 24.6 Å². The molecule has 1 fully saturated rings. The summed E-state index contributed by atoms with van der Waals surface area (Å²) >= 11 is 1.81. The first kappa shape index (κ1) is 15.3. The summed E-state index contributed by atoms with van der Waals surface area (Å²) in [4.78, 5) is 12.9. The van der Waals surface area contributed by atoms with Gasteiger partial charge in [-0.05, 0) is 30.8 Å². The molecule has 0 bridgehead atoms. The Bertz CT molecular complexity index is 826. The number of rotatable bonds is 4. The second-order valence-corrected chi connectivity index (χ2v) is 7.27. The number of aryl methyl sites for hydroxylation is 1. The summed E-state index contributed by atoms with van der Waals surface area (Å²) in [5.41, 5.74) is 6.80. The summed E-state index contributed by atoms with van der Waals surface area (Å²) < 4.78 is 1.72. The van der Waals surface area contributed by atoms with Crippen molar-refractivity contribution in [2.45, 2.75) is 25.4 Å². The number of hydrogen-bond donors (Lipinski definition) is 2. The minimum atomic E-state index is 0.337. The maximum absolute atomic E-state index is 6.04. The zero-order valence-electron chi connectivity index (χ0n) is 13.6. The van der Waals surface area contributed by atoms with Crippen LogP contribution in [0.5, 0.6) is 0 Å². The Morgan fingerprint density at radius 1 is 1.42 bits per heavy atom. The summed E-state index contributed by atoms with van der Waals surface area (Å²) in [5.74, 6) is 1.06. The number of hydrogen-bond acceptors (Lipinski definition) is 7. The molecule has 1 aliphatic rings. The van der Waals surface area contributed by atoms with Gasteiger partial charge in [0, 0.05) is 31.1 Å². The molecule has 3 N–H and O–H groups in total. The van der Waals surface area contributed by atoms with Crippen molar-refractivity contribution in [3.05, 3.63) is 28.6 Å². The Labute approximate surface area is 144 Å². The number of piperidine rings is 1.